The summed E-state index contributed by atoms with van der Waals surface area (Å²) in [6.07, 6.45) is 9.48. The maximum absolute atomic E-state index is 12.5. The van der Waals surface area contributed by atoms with Gasteiger partial charge in [0, 0.05) is 42.2 Å². The van der Waals surface area contributed by atoms with E-state index in [0.717, 1.165) is 35.2 Å². The maximum atomic E-state index is 12.5. The van der Waals surface area contributed by atoms with Gasteiger partial charge < -0.3 is 15.0 Å². The Morgan fingerprint density at radius 3 is 2.73 bits per heavy atom. The van der Waals surface area contributed by atoms with Crippen molar-refractivity contribution in [1.82, 2.24) is 9.88 Å². The zero-order valence-electron chi connectivity index (χ0n) is 16.1. The van der Waals surface area contributed by atoms with Gasteiger partial charge in [0.05, 0.1) is 6.10 Å². The van der Waals surface area contributed by atoms with Gasteiger partial charge in [0.25, 0.3) is 0 Å². The minimum Gasteiger partial charge on any atom is -0.386 e. The maximum Gasteiger partial charge on any atom is 0.223 e. The Kier molecular flexibility index (Phi) is 6.36. The molecule has 0 spiro atoms. The molecule has 1 aromatic heterocycles. The monoisotopic (exact) mass is 356 g/mol. The fourth-order valence-electron chi connectivity index (χ4n) is 4.30. The Morgan fingerprint density at radius 2 is 2.00 bits per heavy atom. The molecule has 2 aromatic rings. The van der Waals surface area contributed by atoms with Crippen LogP contribution in [0.15, 0.2) is 30.5 Å². The summed E-state index contributed by atoms with van der Waals surface area (Å²) >= 11 is 0. The van der Waals surface area contributed by atoms with Crippen molar-refractivity contribution in [1.29, 1.82) is 0 Å². The van der Waals surface area contributed by atoms with Gasteiger partial charge >= 0.3 is 0 Å². The van der Waals surface area contributed by atoms with Crippen LogP contribution < -0.4 is 5.32 Å². The number of aliphatic hydroxyl groups is 1. The Balaban J connectivity index is 1.51. The first-order valence-corrected chi connectivity index (χ1v) is 10.1. The van der Waals surface area contributed by atoms with Gasteiger partial charge in [0.1, 0.15) is 0 Å². The zero-order valence-corrected chi connectivity index (χ0v) is 16.1. The highest BCUT2D eigenvalue weighted by Gasteiger charge is 2.26. The van der Waals surface area contributed by atoms with E-state index in [2.05, 4.69) is 12.2 Å². The summed E-state index contributed by atoms with van der Waals surface area (Å²) in [7, 11) is 1.98. The second-order valence-electron chi connectivity index (χ2n) is 7.83. The highest BCUT2D eigenvalue weighted by Crippen LogP contribution is 2.32. The summed E-state index contributed by atoms with van der Waals surface area (Å²) in [5.74, 6) is 1.03. The van der Waals surface area contributed by atoms with E-state index in [1.54, 1.807) is 0 Å². The number of amides is 1. The number of para-hydroxylation sites is 1. The molecule has 1 heterocycles. The van der Waals surface area contributed by atoms with Crippen LogP contribution in [0.25, 0.3) is 10.9 Å². The number of nitrogens with one attached hydrogen (secondary N) is 1. The van der Waals surface area contributed by atoms with Crippen molar-refractivity contribution in [2.24, 2.45) is 18.9 Å². The first-order chi connectivity index (χ1) is 12.6. The third kappa shape index (κ3) is 4.29. The molecule has 142 valence electrons. The lowest BCUT2D eigenvalue weighted by Gasteiger charge is -2.28. The second kappa shape index (κ2) is 8.72. The number of fused-ring (bicyclic) bond motifs is 1. The number of aryl methyl sites for hydroxylation is 1. The summed E-state index contributed by atoms with van der Waals surface area (Å²) in [5, 5.41) is 14.6. The quantitative estimate of drug-likeness (QED) is 0.776. The number of rotatable bonds is 7. The summed E-state index contributed by atoms with van der Waals surface area (Å²) in [5.41, 5.74) is 1.98. The second-order valence-corrected chi connectivity index (χ2v) is 7.83. The number of unbranched alkanes of at least 4 members (excludes halogenated alkanes) is 1. The predicted molar refractivity (Wildman–Crippen MR) is 106 cm³/mol. The first kappa shape index (κ1) is 19.0. The third-order valence-corrected chi connectivity index (χ3v) is 5.94. The van der Waals surface area contributed by atoms with Crippen LogP contribution in [0.1, 0.15) is 63.5 Å². The lowest BCUT2D eigenvalue weighted by Crippen LogP contribution is -2.35. The topological polar surface area (TPSA) is 54.3 Å². The highest BCUT2D eigenvalue weighted by atomic mass is 16.3. The van der Waals surface area contributed by atoms with Gasteiger partial charge in [-0.15, -0.1) is 0 Å². The molecule has 1 unspecified atom stereocenters. The lowest BCUT2D eigenvalue weighted by atomic mass is 9.79. The van der Waals surface area contributed by atoms with Crippen LogP contribution in [0.3, 0.4) is 0 Å². The third-order valence-electron chi connectivity index (χ3n) is 5.94. The van der Waals surface area contributed by atoms with Crippen molar-refractivity contribution < 1.29 is 9.90 Å². The van der Waals surface area contributed by atoms with E-state index >= 15 is 0 Å². The molecule has 1 aliphatic carbocycles. The lowest BCUT2D eigenvalue weighted by molar-refractivity contribution is -0.126. The molecule has 4 nitrogen and oxygen atoms in total. The molecule has 3 rings (SSSR count). The Hall–Kier alpha value is -1.81. The summed E-state index contributed by atoms with van der Waals surface area (Å²) in [6.45, 7) is 2.52. The number of nitrogens with zero attached hydrogens (tertiary/aromatic N) is 1. The average Bonchev–Trinajstić information content (AvgIpc) is 3.02. The molecule has 4 heteroatoms. The molecule has 0 aliphatic heterocycles. The minimum absolute atomic E-state index is 0.109. The molecule has 0 bridgehead atoms. The largest absolute Gasteiger partial charge is 0.386 e. The highest BCUT2D eigenvalue weighted by molar-refractivity contribution is 5.84. The predicted octanol–water partition coefficient (Wildman–Crippen LogP) is 4.32. The van der Waals surface area contributed by atoms with Gasteiger partial charge in [-0.3, -0.25) is 4.79 Å². The number of hydrogen-bond acceptors (Lipinski definition) is 2. The van der Waals surface area contributed by atoms with Gasteiger partial charge in [-0.1, -0.05) is 44.4 Å². The zero-order chi connectivity index (χ0) is 18.5. The van der Waals surface area contributed by atoms with Crippen molar-refractivity contribution >= 4 is 16.8 Å². The molecule has 2 N–H and O–H groups in total. The summed E-state index contributed by atoms with van der Waals surface area (Å²) in [6, 6.07) is 8.04. The number of hydrogen-bond donors (Lipinski definition) is 2. The van der Waals surface area contributed by atoms with Crippen molar-refractivity contribution in [3.63, 3.8) is 0 Å². The molecule has 1 atom stereocenters. The molecule has 1 amide bonds. The standard InChI is InChI=1S/C22H32N2O2/c1-3-4-7-16-10-12-17(13-11-16)22(26)23-14-21(25)19-15-24(2)20-9-6-5-8-18(19)20/h5-6,8-9,15-17,21,25H,3-4,7,10-14H2,1-2H3,(H,23,26). The van der Waals surface area contributed by atoms with Crippen LogP contribution >= 0.6 is 0 Å². The Labute approximate surface area is 156 Å². The van der Waals surface area contributed by atoms with Gasteiger partial charge in [0.2, 0.25) is 5.91 Å². The van der Waals surface area contributed by atoms with Crippen LogP contribution in [-0.2, 0) is 11.8 Å². The van der Waals surface area contributed by atoms with Crippen LogP contribution in [-0.4, -0.2) is 22.1 Å². The average molecular weight is 357 g/mol. The number of aliphatic hydroxyl groups excluding tert-OH is 1. The molecule has 1 saturated carbocycles. The fourth-order valence-corrected chi connectivity index (χ4v) is 4.30. The Bertz CT molecular complexity index is 729. The molecule has 1 aliphatic rings. The molecule has 0 saturated heterocycles. The molecule has 1 aromatic carbocycles. The van der Waals surface area contributed by atoms with E-state index in [1.807, 2.05) is 42.1 Å². The van der Waals surface area contributed by atoms with Gasteiger partial charge in [-0.2, -0.15) is 0 Å². The fraction of sp³-hybridized carbons (Fsp3) is 0.591. The van der Waals surface area contributed by atoms with Crippen LogP contribution in [0.5, 0.6) is 0 Å². The van der Waals surface area contributed by atoms with Crippen LogP contribution in [0.4, 0.5) is 0 Å². The van der Waals surface area contributed by atoms with E-state index in [9.17, 15) is 9.90 Å². The van der Waals surface area contributed by atoms with E-state index in [4.69, 9.17) is 0 Å². The van der Waals surface area contributed by atoms with Gasteiger partial charge in [0.15, 0.2) is 0 Å². The SMILES string of the molecule is CCCCC1CCC(C(=O)NCC(O)c2cn(C)c3ccccc23)CC1. The van der Waals surface area contributed by atoms with Gasteiger partial charge in [-0.25, -0.2) is 0 Å². The number of aromatic nitrogens is 1. The van der Waals surface area contributed by atoms with Crippen molar-refractivity contribution in [3.05, 3.63) is 36.0 Å². The number of carbonyl (C=O) groups excluding carboxylic acids is 1. The van der Waals surface area contributed by atoms with Crippen molar-refractivity contribution in [2.75, 3.05) is 6.54 Å². The van der Waals surface area contributed by atoms with Crippen LogP contribution in [0.2, 0.25) is 0 Å². The normalized spacial score (nSPS) is 21.7. The molecule has 1 fully saturated rings. The Morgan fingerprint density at radius 1 is 1.27 bits per heavy atom. The van der Waals surface area contributed by atoms with Crippen LogP contribution in [0, 0.1) is 11.8 Å². The molecular weight excluding hydrogens is 324 g/mol. The number of benzene rings is 1. The van der Waals surface area contributed by atoms with E-state index in [1.165, 1.54) is 32.1 Å². The smallest absolute Gasteiger partial charge is 0.223 e. The molecular formula is C22H32N2O2. The first-order valence-electron chi connectivity index (χ1n) is 10.1. The summed E-state index contributed by atoms with van der Waals surface area (Å²) in [4.78, 5) is 12.5. The minimum atomic E-state index is -0.675. The van der Waals surface area contributed by atoms with Crippen molar-refractivity contribution in [3.8, 4) is 0 Å². The van der Waals surface area contributed by atoms with E-state index in [0.29, 0.717) is 0 Å². The van der Waals surface area contributed by atoms with E-state index < -0.39 is 6.10 Å². The number of carbonyl (C=O) groups is 1. The molecule has 0 radical (unpaired) electrons. The van der Waals surface area contributed by atoms with Crippen molar-refractivity contribution in [2.45, 2.75) is 58.0 Å². The van der Waals surface area contributed by atoms with Gasteiger partial charge in [-0.05, 0) is 37.7 Å². The van der Waals surface area contributed by atoms with E-state index in [-0.39, 0.29) is 18.4 Å². The molecule has 26 heavy (non-hydrogen) atoms. The summed E-state index contributed by atoms with van der Waals surface area (Å²) < 4.78 is 2.02.